The van der Waals surface area contributed by atoms with E-state index in [1.807, 2.05) is 4.90 Å². The molecule has 0 saturated heterocycles. The van der Waals surface area contributed by atoms with Crippen molar-refractivity contribution in [2.24, 2.45) is 0 Å². The molecule has 0 aliphatic rings. The van der Waals surface area contributed by atoms with Gasteiger partial charge in [-0.05, 0) is 67.7 Å². The van der Waals surface area contributed by atoms with Crippen LogP contribution in [0, 0.1) is 13.8 Å². The summed E-state index contributed by atoms with van der Waals surface area (Å²) in [6.07, 6.45) is 1.40. The monoisotopic (exact) mass is 459 g/mol. The fourth-order valence-corrected chi connectivity index (χ4v) is 4.66. The number of aryl methyl sites for hydroxylation is 3. The van der Waals surface area contributed by atoms with Crippen LogP contribution in [0.4, 0.5) is 5.13 Å². The molecule has 3 rings (SSSR count). The molecular formula is C25H34ClN3OS. The topological polar surface area (TPSA) is 36.4 Å². The van der Waals surface area contributed by atoms with E-state index in [1.165, 1.54) is 16.7 Å². The van der Waals surface area contributed by atoms with Crippen molar-refractivity contribution in [2.75, 3.05) is 31.1 Å². The molecule has 0 aliphatic carbocycles. The lowest BCUT2D eigenvalue weighted by Gasteiger charge is -2.25. The Kier molecular flexibility index (Phi) is 9.48. The third kappa shape index (κ3) is 6.28. The Balaban J connectivity index is 0.00000341. The zero-order valence-electron chi connectivity index (χ0n) is 19.3. The predicted octanol–water partition coefficient (Wildman–Crippen LogP) is 5.81. The Morgan fingerprint density at radius 2 is 1.65 bits per heavy atom. The SMILES string of the molecule is CCc1ccc2nc(N(CCN(CC)CC)C(=O)Cc3ccc(C)c(C)c3)sc2c1.Cl. The molecule has 2 aromatic carbocycles. The van der Waals surface area contributed by atoms with Crippen LogP contribution in [0.1, 0.15) is 43.0 Å². The summed E-state index contributed by atoms with van der Waals surface area (Å²) in [5.74, 6) is 0.111. The van der Waals surface area contributed by atoms with Crippen molar-refractivity contribution in [1.82, 2.24) is 9.88 Å². The standard InChI is InChI=1S/C25H33N3OS.ClH/c1-6-20-11-12-22-23(16-20)30-25(26-22)28(14-13-27(7-2)8-3)24(29)17-21-10-9-18(4)19(5)15-21;/h9-12,15-16H,6-8,13-14,17H2,1-5H3;1H. The number of aromatic nitrogens is 1. The summed E-state index contributed by atoms with van der Waals surface area (Å²) in [6.45, 7) is 14.2. The third-order valence-electron chi connectivity index (χ3n) is 5.84. The Morgan fingerprint density at radius 1 is 0.935 bits per heavy atom. The molecule has 0 unspecified atom stereocenters. The zero-order chi connectivity index (χ0) is 21.7. The lowest BCUT2D eigenvalue weighted by Crippen LogP contribution is -2.39. The molecule has 6 heteroatoms. The zero-order valence-corrected chi connectivity index (χ0v) is 20.9. The van der Waals surface area contributed by atoms with E-state index < -0.39 is 0 Å². The second kappa shape index (κ2) is 11.6. The van der Waals surface area contributed by atoms with E-state index in [4.69, 9.17) is 4.98 Å². The van der Waals surface area contributed by atoms with Crippen LogP contribution >= 0.6 is 23.7 Å². The highest BCUT2D eigenvalue weighted by Gasteiger charge is 2.21. The Morgan fingerprint density at radius 3 is 2.29 bits per heavy atom. The summed E-state index contributed by atoms with van der Waals surface area (Å²) < 4.78 is 1.15. The van der Waals surface area contributed by atoms with Gasteiger partial charge in [0.15, 0.2) is 5.13 Å². The van der Waals surface area contributed by atoms with Gasteiger partial charge in [-0.2, -0.15) is 0 Å². The summed E-state index contributed by atoms with van der Waals surface area (Å²) in [5.41, 5.74) is 5.81. The normalized spacial score (nSPS) is 11.0. The maximum absolute atomic E-state index is 13.4. The minimum atomic E-state index is 0. The Labute approximate surface area is 196 Å². The number of anilines is 1. The molecule has 0 N–H and O–H groups in total. The average Bonchev–Trinajstić information content (AvgIpc) is 3.16. The van der Waals surface area contributed by atoms with Crippen LogP contribution in [0.3, 0.4) is 0 Å². The van der Waals surface area contributed by atoms with Gasteiger partial charge in [0.1, 0.15) is 0 Å². The van der Waals surface area contributed by atoms with Gasteiger partial charge in [-0.1, -0.05) is 56.4 Å². The van der Waals surface area contributed by atoms with Crippen LogP contribution in [0.25, 0.3) is 10.2 Å². The van der Waals surface area contributed by atoms with Gasteiger partial charge >= 0.3 is 0 Å². The van der Waals surface area contributed by atoms with Gasteiger partial charge in [0.2, 0.25) is 5.91 Å². The molecule has 3 aromatic rings. The van der Waals surface area contributed by atoms with E-state index in [0.29, 0.717) is 13.0 Å². The van der Waals surface area contributed by atoms with Crippen molar-refractivity contribution < 1.29 is 4.79 Å². The first-order chi connectivity index (χ1) is 14.4. The molecule has 31 heavy (non-hydrogen) atoms. The number of thiazole rings is 1. The largest absolute Gasteiger partial charge is 0.302 e. The van der Waals surface area contributed by atoms with Crippen molar-refractivity contribution in [3.05, 3.63) is 58.7 Å². The molecule has 0 aliphatic heterocycles. The number of nitrogens with zero attached hydrogens (tertiary/aromatic N) is 3. The molecule has 0 radical (unpaired) electrons. The highest BCUT2D eigenvalue weighted by molar-refractivity contribution is 7.22. The number of likely N-dealkylation sites (N-methyl/N-ethyl adjacent to an activating group) is 1. The van der Waals surface area contributed by atoms with Gasteiger partial charge in [0.25, 0.3) is 0 Å². The number of fused-ring (bicyclic) bond motifs is 1. The maximum Gasteiger partial charge on any atom is 0.233 e. The van der Waals surface area contributed by atoms with E-state index in [-0.39, 0.29) is 18.3 Å². The number of carbonyl (C=O) groups excluding carboxylic acids is 1. The van der Waals surface area contributed by atoms with Gasteiger partial charge < -0.3 is 4.90 Å². The van der Waals surface area contributed by atoms with Crippen molar-refractivity contribution >= 4 is 45.0 Å². The second-order valence-electron chi connectivity index (χ2n) is 7.82. The number of hydrogen-bond donors (Lipinski definition) is 0. The van der Waals surface area contributed by atoms with E-state index in [1.54, 1.807) is 11.3 Å². The van der Waals surface area contributed by atoms with Crippen molar-refractivity contribution in [3.63, 3.8) is 0 Å². The highest BCUT2D eigenvalue weighted by Crippen LogP contribution is 2.30. The number of rotatable bonds is 9. The quantitative estimate of drug-likeness (QED) is 0.404. The van der Waals surface area contributed by atoms with Crippen LogP contribution < -0.4 is 4.90 Å². The van der Waals surface area contributed by atoms with Gasteiger partial charge in [0, 0.05) is 13.1 Å². The third-order valence-corrected chi connectivity index (χ3v) is 6.88. The fourth-order valence-electron chi connectivity index (χ4n) is 3.58. The van der Waals surface area contributed by atoms with Gasteiger partial charge in [0.05, 0.1) is 16.6 Å². The first-order valence-corrected chi connectivity index (χ1v) is 11.7. The van der Waals surface area contributed by atoms with Crippen molar-refractivity contribution in [2.45, 2.75) is 47.5 Å². The number of hydrogen-bond acceptors (Lipinski definition) is 4. The van der Waals surface area contributed by atoms with E-state index in [9.17, 15) is 4.79 Å². The summed E-state index contributed by atoms with van der Waals surface area (Å²) in [5, 5.41) is 0.805. The van der Waals surface area contributed by atoms with Crippen LogP contribution in [-0.4, -0.2) is 42.0 Å². The van der Waals surface area contributed by atoms with Crippen LogP contribution in [-0.2, 0) is 17.6 Å². The van der Waals surface area contributed by atoms with E-state index in [0.717, 1.165) is 47.0 Å². The van der Waals surface area contributed by atoms with Gasteiger partial charge in [-0.15, -0.1) is 12.4 Å². The molecule has 4 nitrogen and oxygen atoms in total. The molecule has 0 fully saturated rings. The van der Waals surface area contributed by atoms with Crippen LogP contribution in [0.2, 0.25) is 0 Å². The lowest BCUT2D eigenvalue weighted by molar-refractivity contribution is -0.118. The summed E-state index contributed by atoms with van der Waals surface area (Å²) in [7, 11) is 0. The molecule has 168 valence electrons. The molecule has 1 heterocycles. The highest BCUT2D eigenvalue weighted by atomic mass is 35.5. The lowest BCUT2D eigenvalue weighted by atomic mass is 10.0. The fraction of sp³-hybridized carbons (Fsp3) is 0.440. The minimum absolute atomic E-state index is 0. The van der Waals surface area contributed by atoms with E-state index in [2.05, 4.69) is 75.9 Å². The van der Waals surface area contributed by atoms with Gasteiger partial charge in [-0.3, -0.25) is 9.69 Å². The summed E-state index contributed by atoms with van der Waals surface area (Å²) >= 11 is 1.62. The Bertz CT molecular complexity index is 1010. The molecule has 1 aromatic heterocycles. The molecule has 0 atom stereocenters. The van der Waals surface area contributed by atoms with Gasteiger partial charge in [-0.25, -0.2) is 4.98 Å². The number of halogens is 1. The maximum atomic E-state index is 13.4. The number of carbonyl (C=O) groups is 1. The van der Waals surface area contributed by atoms with E-state index >= 15 is 0 Å². The smallest absolute Gasteiger partial charge is 0.233 e. The molecule has 0 saturated carbocycles. The molecule has 0 spiro atoms. The number of amides is 1. The van der Waals surface area contributed by atoms with Crippen molar-refractivity contribution in [1.29, 1.82) is 0 Å². The molecular weight excluding hydrogens is 426 g/mol. The minimum Gasteiger partial charge on any atom is -0.302 e. The predicted molar refractivity (Wildman–Crippen MR) is 136 cm³/mol. The summed E-state index contributed by atoms with van der Waals surface area (Å²) in [4.78, 5) is 22.4. The molecule has 0 bridgehead atoms. The number of benzene rings is 2. The van der Waals surface area contributed by atoms with Crippen LogP contribution in [0.5, 0.6) is 0 Å². The molecule has 1 amide bonds. The Hall–Kier alpha value is -1.95. The first-order valence-electron chi connectivity index (χ1n) is 10.9. The second-order valence-corrected chi connectivity index (χ2v) is 8.83. The van der Waals surface area contributed by atoms with Crippen molar-refractivity contribution in [3.8, 4) is 0 Å². The first kappa shape index (κ1) is 25.3. The average molecular weight is 460 g/mol. The van der Waals surface area contributed by atoms with Crippen LogP contribution in [0.15, 0.2) is 36.4 Å². The summed E-state index contributed by atoms with van der Waals surface area (Å²) in [6, 6.07) is 12.7.